The molecule has 0 radical (unpaired) electrons. The molecule has 2 aromatic carbocycles. The van der Waals surface area contributed by atoms with Crippen LogP contribution in [0.25, 0.3) is 0 Å². The van der Waals surface area contributed by atoms with Gasteiger partial charge in [-0.25, -0.2) is 10.3 Å². The maximum Gasteiger partial charge on any atom is 0.248 e. The van der Waals surface area contributed by atoms with Crippen LogP contribution in [0.2, 0.25) is 0 Å². The summed E-state index contributed by atoms with van der Waals surface area (Å²) in [7, 11) is 0. The van der Waals surface area contributed by atoms with Crippen LogP contribution in [0.5, 0.6) is 0 Å². The molecule has 3 rings (SSSR count). The lowest BCUT2D eigenvalue weighted by Crippen LogP contribution is -2.59. The van der Waals surface area contributed by atoms with Gasteiger partial charge in [0.1, 0.15) is 24.6 Å². The highest BCUT2D eigenvalue weighted by Gasteiger charge is 2.44. The van der Waals surface area contributed by atoms with E-state index in [0.29, 0.717) is 6.29 Å². The van der Waals surface area contributed by atoms with Crippen molar-refractivity contribution in [3.8, 4) is 0 Å². The van der Waals surface area contributed by atoms with E-state index in [4.69, 9.17) is 9.57 Å². The number of aliphatic hydroxyl groups is 3. The zero-order valence-electron chi connectivity index (χ0n) is 18.4. The second-order valence-corrected chi connectivity index (χ2v) is 8.25. The number of hydrogen-bond acceptors (Lipinski definition) is 7. The van der Waals surface area contributed by atoms with Crippen molar-refractivity contribution >= 4 is 12.2 Å². The summed E-state index contributed by atoms with van der Waals surface area (Å²) in [6.07, 6.45) is -2.40. The number of ether oxygens (including phenoxy) is 1. The van der Waals surface area contributed by atoms with Crippen molar-refractivity contribution in [1.29, 1.82) is 0 Å². The summed E-state index contributed by atoms with van der Waals surface area (Å²) in [6, 6.07) is 18.2. The van der Waals surface area contributed by atoms with Gasteiger partial charge >= 0.3 is 0 Å². The molecule has 0 bridgehead atoms. The zero-order valence-corrected chi connectivity index (χ0v) is 18.4. The largest absolute Gasteiger partial charge is 0.388 e. The van der Waals surface area contributed by atoms with E-state index in [2.05, 4.69) is 29.7 Å². The van der Waals surface area contributed by atoms with Gasteiger partial charge in [0.15, 0.2) is 0 Å². The molecule has 4 N–H and O–H groups in total. The van der Waals surface area contributed by atoms with Crippen LogP contribution in [-0.4, -0.2) is 58.2 Å². The number of aryl methyl sites for hydroxylation is 2. The molecule has 1 aliphatic rings. The molecule has 0 unspecified atom stereocenters. The number of rotatable bonds is 11. The van der Waals surface area contributed by atoms with Crippen molar-refractivity contribution in [3.05, 3.63) is 71.3 Å². The average Bonchev–Trinajstić information content (AvgIpc) is 2.83. The lowest BCUT2D eigenvalue weighted by Gasteiger charge is -2.39. The number of hydroxylamine groups is 1. The number of benzene rings is 2. The summed E-state index contributed by atoms with van der Waals surface area (Å²) >= 11 is 0. The second kappa shape index (κ2) is 12.6. The highest BCUT2D eigenvalue weighted by atomic mass is 16.8. The summed E-state index contributed by atoms with van der Waals surface area (Å²) in [6.45, 7) is 0. The average molecular weight is 458 g/mol. The lowest BCUT2D eigenvalue weighted by molar-refractivity contribution is -0.308. The molecule has 8 heteroatoms. The maximum absolute atomic E-state index is 12.2. The van der Waals surface area contributed by atoms with Crippen molar-refractivity contribution in [2.24, 2.45) is 0 Å². The van der Waals surface area contributed by atoms with Gasteiger partial charge in [0, 0.05) is 6.42 Å². The molecule has 0 saturated carbocycles. The van der Waals surface area contributed by atoms with Crippen LogP contribution in [0, 0.1) is 0 Å². The molecule has 5 atom stereocenters. The Kier molecular flexibility index (Phi) is 9.53. The van der Waals surface area contributed by atoms with Gasteiger partial charge in [-0.15, -0.1) is 0 Å². The molecule has 33 heavy (non-hydrogen) atoms. The normalized spacial score (nSPS) is 24.9. The first kappa shape index (κ1) is 25.0. The van der Waals surface area contributed by atoms with Crippen LogP contribution < -0.4 is 5.48 Å². The first-order valence-electron chi connectivity index (χ1n) is 11.2. The summed E-state index contributed by atoms with van der Waals surface area (Å²) in [5.41, 5.74) is 5.54. The van der Waals surface area contributed by atoms with Crippen LogP contribution in [0.3, 0.4) is 0 Å². The van der Waals surface area contributed by atoms with Crippen LogP contribution in [0.15, 0.2) is 54.6 Å². The Bertz CT molecular complexity index is 874. The van der Waals surface area contributed by atoms with Crippen LogP contribution in [0.1, 0.15) is 36.0 Å². The smallest absolute Gasteiger partial charge is 0.248 e. The van der Waals surface area contributed by atoms with Gasteiger partial charge in [0.05, 0.1) is 12.5 Å². The Morgan fingerprint density at radius 1 is 0.879 bits per heavy atom. The Morgan fingerprint density at radius 3 is 2.12 bits per heavy atom. The molecular formula is C25H31NO7. The number of aliphatic hydroxyl groups excluding tert-OH is 3. The molecular weight excluding hydrogens is 426 g/mol. The summed E-state index contributed by atoms with van der Waals surface area (Å²) in [5.74, 6) is -0.464. The SMILES string of the molecule is O=CC[C@H]1O[C@@H](ONC(=O)Cc2ccc(CCCCc3ccccc3)cc2)[C@H](O)[C@@H](O)[C@@H]1O. The molecule has 1 heterocycles. The van der Waals surface area contributed by atoms with Crippen molar-refractivity contribution in [2.75, 3.05) is 0 Å². The van der Waals surface area contributed by atoms with E-state index >= 15 is 0 Å². The van der Waals surface area contributed by atoms with Crippen LogP contribution in [0.4, 0.5) is 0 Å². The lowest BCUT2D eigenvalue weighted by atomic mass is 9.97. The third kappa shape index (κ3) is 7.45. The molecule has 1 aliphatic heterocycles. The van der Waals surface area contributed by atoms with E-state index in [9.17, 15) is 24.9 Å². The quantitative estimate of drug-likeness (QED) is 0.227. The fraction of sp³-hybridized carbons (Fsp3) is 0.440. The second-order valence-electron chi connectivity index (χ2n) is 8.25. The molecule has 0 aromatic heterocycles. The molecule has 0 spiro atoms. The van der Waals surface area contributed by atoms with Gasteiger partial charge in [-0.2, -0.15) is 0 Å². The summed E-state index contributed by atoms with van der Waals surface area (Å²) in [5, 5.41) is 29.7. The van der Waals surface area contributed by atoms with E-state index in [1.807, 2.05) is 30.3 Å². The predicted octanol–water partition coefficient (Wildman–Crippen LogP) is 1.24. The monoisotopic (exact) mass is 457 g/mol. The highest BCUT2D eigenvalue weighted by molar-refractivity contribution is 5.77. The number of unbranched alkanes of at least 4 members (excludes halogenated alkanes) is 1. The van der Waals surface area contributed by atoms with Gasteiger partial charge in [0.2, 0.25) is 12.2 Å². The van der Waals surface area contributed by atoms with Gasteiger partial charge in [-0.1, -0.05) is 54.6 Å². The van der Waals surface area contributed by atoms with Crippen LogP contribution >= 0.6 is 0 Å². The number of carbonyl (C=O) groups is 2. The molecule has 1 saturated heterocycles. The Morgan fingerprint density at radius 2 is 1.48 bits per heavy atom. The number of carbonyl (C=O) groups excluding carboxylic acids is 2. The third-order valence-corrected chi connectivity index (χ3v) is 5.70. The van der Waals surface area contributed by atoms with Crippen molar-refractivity contribution < 1.29 is 34.5 Å². The minimum atomic E-state index is -1.58. The number of nitrogens with one attached hydrogen (secondary N) is 1. The van der Waals surface area contributed by atoms with E-state index < -0.39 is 36.6 Å². The van der Waals surface area contributed by atoms with E-state index in [1.54, 1.807) is 0 Å². The number of aldehydes is 1. The fourth-order valence-corrected chi connectivity index (χ4v) is 3.78. The Hall–Kier alpha value is -2.62. The van der Waals surface area contributed by atoms with Gasteiger partial charge in [-0.3, -0.25) is 4.79 Å². The molecule has 8 nitrogen and oxygen atoms in total. The molecule has 1 amide bonds. The molecule has 1 fully saturated rings. The molecule has 0 aliphatic carbocycles. The minimum Gasteiger partial charge on any atom is -0.388 e. The van der Waals surface area contributed by atoms with Crippen LogP contribution in [-0.2, 0) is 38.4 Å². The zero-order chi connectivity index (χ0) is 23.6. The first-order valence-corrected chi connectivity index (χ1v) is 11.2. The van der Waals surface area contributed by atoms with Gasteiger partial charge < -0.3 is 24.9 Å². The number of amides is 1. The van der Waals surface area contributed by atoms with E-state index in [-0.39, 0.29) is 12.8 Å². The number of hydrogen-bond donors (Lipinski definition) is 4. The standard InChI is InChI=1S/C25H31NO7/c27-15-14-20-22(29)23(30)24(31)25(32-20)33-26-21(28)16-19-12-10-18(11-13-19)9-5-4-8-17-6-2-1-3-7-17/h1-3,6-7,10-13,15,20,22-25,29-31H,4-5,8-9,14,16H2,(H,26,28)/t20-,22-,23+,24-,25+/m1/s1. The summed E-state index contributed by atoms with van der Waals surface area (Å²) in [4.78, 5) is 28.0. The Labute approximate surface area is 193 Å². The van der Waals surface area contributed by atoms with Crippen molar-refractivity contribution in [3.63, 3.8) is 0 Å². The van der Waals surface area contributed by atoms with E-state index in [1.165, 1.54) is 11.1 Å². The van der Waals surface area contributed by atoms with Crippen molar-refractivity contribution in [1.82, 2.24) is 5.48 Å². The molecule has 2 aromatic rings. The van der Waals surface area contributed by atoms with E-state index in [0.717, 1.165) is 31.2 Å². The summed E-state index contributed by atoms with van der Waals surface area (Å²) < 4.78 is 5.28. The first-order chi connectivity index (χ1) is 16.0. The minimum absolute atomic E-state index is 0.0556. The predicted molar refractivity (Wildman–Crippen MR) is 120 cm³/mol. The maximum atomic E-state index is 12.2. The highest BCUT2D eigenvalue weighted by Crippen LogP contribution is 2.23. The molecule has 178 valence electrons. The third-order valence-electron chi connectivity index (χ3n) is 5.70. The topological polar surface area (TPSA) is 125 Å². The van der Waals surface area contributed by atoms with Gasteiger partial charge in [0.25, 0.3) is 0 Å². The van der Waals surface area contributed by atoms with Crippen molar-refractivity contribution in [2.45, 2.75) is 69.2 Å². The van der Waals surface area contributed by atoms with Gasteiger partial charge in [-0.05, 0) is 42.4 Å². The fourth-order valence-electron chi connectivity index (χ4n) is 3.78. The Balaban J connectivity index is 1.39.